The number of nitrogens with one attached hydrogen (secondary N) is 4. The van der Waals surface area contributed by atoms with Crippen LogP contribution in [0.5, 0.6) is 0 Å². The number of pyridine rings is 1. The van der Waals surface area contributed by atoms with Gasteiger partial charge < -0.3 is 20.5 Å². The number of anilines is 2. The number of aromatic nitrogens is 1. The van der Waals surface area contributed by atoms with E-state index in [2.05, 4.69) is 54.4 Å². The molecular weight excluding hydrogens is 975 g/mol. The predicted molar refractivity (Wildman–Crippen MR) is 275 cm³/mol. The zero-order valence-corrected chi connectivity index (χ0v) is 42.6. The van der Waals surface area contributed by atoms with Gasteiger partial charge in [-0.3, -0.25) is 58.5 Å². The minimum Gasteiger partial charge on any atom is -0.367 e. The van der Waals surface area contributed by atoms with E-state index in [1.165, 1.54) is 6.07 Å². The van der Waals surface area contributed by atoms with Crippen molar-refractivity contribution in [3.05, 3.63) is 116 Å². The first kappa shape index (κ1) is 54.5. The molecule has 16 nitrogen and oxygen atoms in total. The third kappa shape index (κ3) is 13.0. The molecule has 75 heavy (non-hydrogen) atoms. The molecule has 5 heterocycles. The third-order valence-corrected chi connectivity index (χ3v) is 15.0. The maximum absolute atomic E-state index is 15.7. The second-order valence-electron chi connectivity index (χ2n) is 20.3. The Balaban J connectivity index is 0.763. The first-order chi connectivity index (χ1) is 35.9. The molecule has 6 amide bonds. The number of imide groups is 2. The van der Waals surface area contributed by atoms with Gasteiger partial charge in [0.2, 0.25) is 23.3 Å². The Labute approximate surface area is 433 Å². The summed E-state index contributed by atoms with van der Waals surface area (Å²) in [4.78, 5) is 101. The average Bonchev–Trinajstić information content (AvgIpc) is 3.63. The van der Waals surface area contributed by atoms with Crippen LogP contribution in [0.1, 0.15) is 119 Å². The quantitative estimate of drug-likeness (QED) is 0.0451. The molecule has 400 valence electrons. The van der Waals surface area contributed by atoms with E-state index >= 15 is 4.39 Å². The summed E-state index contributed by atoms with van der Waals surface area (Å²) in [5.41, 5.74) is 0.642. The van der Waals surface area contributed by atoms with Crippen LogP contribution in [0.15, 0.2) is 71.7 Å². The minimum atomic E-state index is -4.96. The number of aryl methyl sites for hydroxylation is 1. The van der Waals surface area contributed by atoms with E-state index in [4.69, 9.17) is 0 Å². The van der Waals surface area contributed by atoms with E-state index in [-0.39, 0.29) is 42.1 Å². The molecule has 0 radical (unpaired) electrons. The molecule has 0 saturated carbocycles. The number of likely N-dealkylation sites (N-methyl/N-ethyl adjacent to an activating group) is 1. The van der Waals surface area contributed by atoms with Gasteiger partial charge >= 0.3 is 6.18 Å². The molecule has 4 aliphatic rings. The van der Waals surface area contributed by atoms with Crippen molar-refractivity contribution in [2.24, 2.45) is 0 Å². The van der Waals surface area contributed by atoms with Gasteiger partial charge in [-0.05, 0) is 93.6 Å². The molecule has 3 aromatic carbocycles. The molecular formula is C55H65F4N9O7. The number of H-pyrrole nitrogens is 1. The lowest BCUT2D eigenvalue weighted by molar-refractivity contribution is -0.138. The van der Waals surface area contributed by atoms with Crippen LogP contribution in [-0.4, -0.2) is 138 Å². The van der Waals surface area contributed by atoms with Crippen molar-refractivity contribution in [1.29, 1.82) is 0 Å². The Bertz CT molecular complexity index is 2850. The second kappa shape index (κ2) is 23.8. The molecule has 4 aliphatic heterocycles. The maximum Gasteiger partial charge on any atom is 0.417 e. The van der Waals surface area contributed by atoms with Crippen LogP contribution >= 0.6 is 0 Å². The molecule has 0 spiro atoms. The molecule has 3 saturated heterocycles. The number of hydrogen-bond donors (Lipinski definition) is 4. The third-order valence-electron chi connectivity index (χ3n) is 15.0. The topological polar surface area (TPSA) is 188 Å². The minimum absolute atomic E-state index is 0.0151. The van der Waals surface area contributed by atoms with Crippen molar-refractivity contribution < 1.29 is 46.3 Å². The lowest BCUT2D eigenvalue weighted by atomic mass is 9.97. The summed E-state index contributed by atoms with van der Waals surface area (Å²) in [7, 11) is 2.02. The Kier molecular flexibility index (Phi) is 17.3. The van der Waals surface area contributed by atoms with Crippen LogP contribution in [0.25, 0.3) is 11.1 Å². The number of amides is 6. The summed E-state index contributed by atoms with van der Waals surface area (Å²) in [5, 5.41) is 7.94. The zero-order valence-electron chi connectivity index (χ0n) is 42.6. The van der Waals surface area contributed by atoms with Gasteiger partial charge in [0.1, 0.15) is 11.9 Å². The van der Waals surface area contributed by atoms with E-state index in [0.29, 0.717) is 74.0 Å². The SMILES string of the molecule is C[C@@H]1CN(c2ccc(-c3cc(CN4CCN(CCNC(=O)CCCCCCCCc5cccc6c5C(=O)N(C5CCC(=O)NC5=O)C6=O)CC4)ccc3F)cc2NC(=O)c2c[nH]c(=O)cc2C(F)(F)F)C[C@H](C)N1C. The van der Waals surface area contributed by atoms with Gasteiger partial charge in [0, 0.05) is 102 Å². The van der Waals surface area contributed by atoms with Crippen LogP contribution in [0.2, 0.25) is 0 Å². The Morgan fingerprint density at radius 1 is 0.800 bits per heavy atom. The molecule has 0 bridgehead atoms. The van der Waals surface area contributed by atoms with Crippen LogP contribution in [0, 0.1) is 5.82 Å². The number of nitrogens with zero attached hydrogens (tertiary/aromatic N) is 5. The number of fused-ring (bicyclic) bond motifs is 1. The second-order valence-corrected chi connectivity index (χ2v) is 20.3. The van der Waals surface area contributed by atoms with Crippen LogP contribution in [0.4, 0.5) is 28.9 Å². The zero-order chi connectivity index (χ0) is 53.6. The molecule has 3 fully saturated rings. The number of rotatable bonds is 19. The molecule has 20 heteroatoms. The standard InChI is InChI=1S/C55H65F4N9O7/c1-34-31-67(32-35(2)64(34)3)45-18-16-38(28-44(45)62-51(72)41-30-61-49(71)29-42(41)55(57,58)59)40-27-36(15-17-43(40)56)33-66-25-23-65(24-26-66)22-21-60-47(69)14-9-7-5-4-6-8-11-37-12-10-13-39-50(37)54(75)68(53(39)74)46-19-20-48(70)63-52(46)73/h10,12-13,15-18,27-30,34-35,46H,4-9,11,14,19-26,31-33H2,1-3H3,(H,60,69)(H,61,71)(H,62,72)(H,63,70,73)/t34-,35+,46?. The lowest BCUT2D eigenvalue weighted by Crippen LogP contribution is -2.55. The summed E-state index contributed by atoms with van der Waals surface area (Å²) in [6.07, 6.45) is 2.39. The number of halogens is 4. The first-order valence-electron chi connectivity index (χ1n) is 25.9. The molecule has 8 rings (SSSR count). The highest BCUT2D eigenvalue weighted by molar-refractivity contribution is 6.24. The molecule has 4 aromatic rings. The van der Waals surface area contributed by atoms with E-state index in [1.807, 2.05) is 13.1 Å². The summed E-state index contributed by atoms with van der Waals surface area (Å²) in [5.74, 6) is -3.59. The van der Waals surface area contributed by atoms with Crippen LogP contribution in [-0.2, 0) is 33.5 Å². The van der Waals surface area contributed by atoms with Gasteiger partial charge in [-0.2, -0.15) is 13.2 Å². The van der Waals surface area contributed by atoms with Gasteiger partial charge in [-0.25, -0.2) is 4.39 Å². The molecule has 1 aromatic heterocycles. The number of benzene rings is 3. The van der Waals surface area contributed by atoms with Gasteiger partial charge in [0.25, 0.3) is 17.7 Å². The van der Waals surface area contributed by atoms with Gasteiger partial charge in [-0.15, -0.1) is 0 Å². The first-order valence-corrected chi connectivity index (χ1v) is 25.9. The normalized spacial score (nSPS) is 19.9. The van der Waals surface area contributed by atoms with Crippen molar-refractivity contribution >= 4 is 46.8 Å². The van der Waals surface area contributed by atoms with Gasteiger partial charge in [0.15, 0.2) is 0 Å². The van der Waals surface area contributed by atoms with Crippen LogP contribution < -0.4 is 26.4 Å². The number of carbonyl (C=O) groups is 6. The van der Waals surface area contributed by atoms with Crippen molar-refractivity contribution in [3.8, 4) is 11.1 Å². The van der Waals surface area contributed by atoms with Gasteiger partial charge in [0.05, 0.1) is 33.6 Å². The van der Waals surface area contributed by atoms with E-state index in [9.17, 15) is 46.7 Å². The summed E-state index contributed by atoms with van der Waals surface area (Å²) >= 11 is 0. The fourth-order valence-corrected chi connectivity index (χ4v) is 10.6. The summed E-state index contributed by atoms with van der Waals surface area (Å²) in [6.45, 7) is 10.1. The van der Waals surface area contributed by atoms with E-state index in [0.717, 1.165) is 86.9 Å². The Morgan fingerprint density at radius 3 is 2.23 bits per heavy atom. The Morgan fingerprint density at radius 2 is 1.51 bits per heavy atom. The highest BCUT2D eigenvalue weighted by Gasteiger charge is 2.45. The fraction of sp³-hybridized carbons (Fsp3) is 0.473. The number of piperidine rings is 1. The Hall–Kier alpha value is -6.77. The van der Waals surface area contributed by atoms with Crippen molar-refractivity contribution in [3.63, 3.8) is 0 Å². The molecule has 0 aliphatic carbocycles. The maximum atomic E-state index is 15.7. The number of carbonyl (C=O) groups excluding carboxylic acids is 6. The van der Waals surface area contributed by atoms with E-state index in [1.54, 1.807) is 42.5 Å². The molecule has 3 atom stereocenters. The van der Waals surface area contributed by atoms with Gasteiger partial charge in [-0.1, -0.05) is 49.9 Å². The monoisotopic (exact) mass is 1040 g/mol. The number of piperazine rings is 2. The highest BCUT2D eigenvalue weighted by Crippen LogP contribution is 2.37. The number of hydrogen-bond acceptors (Lipinski definition) is 11. The fourth-order valence-electron chi connectivity index (χ4n) is 10.6. The predicted octanol–water partition coefficient (Wildman–Crippen LogP) is 6.59. The molecule has 1 unspecified atom stereocenters. The average molecular weight is 1040 g/mol. The summed E-state index contributed by atoms with van der Waals surface area (Å²) < 4.78 is 57.7. The summed E-state index contributed by atoms with van der Waals surface area (Å²) in [6, 6.07) is 14.8. The van der Waals surface area contributed by atoms with Crippen molar-refractivity contribution in [2.75, 3.05) is 69.6 Å². The van der Waals surface area contributed by atoms with E-state index < -0.39 is 64.3 Å². The van der Waals surface area contributed by atoms with Crippen LogP contribution in [0.3, 0.4) is 0 Å². The van der Waals surface area contributed by atoms with Crippen molar-refractivity contribution in [1.82, 2.24) is 35.2 Å². The lowest BCUT2D eigenvalue weighted by Gasteiger charge is -2.44. The largest absolute Gasteiger partial charge is 0.417 e. The smallest absolute Gasteiger partial charge is 0.367 e. The number of alkyl halides is 3. The van der Waals surface area contributed by atoms with Crippen molar-refractivity contribution in [2.45, 2.75) is 109 Å². The highest BCUT2D eigenvalue weighted by atomic mass is 19.4. The number of unbranched alkanes of at least 4 members (excludes halogenated alkanes) is 5. The molecule has 4 N–H and O–H groups in total. The number of aromatic amines is 1.